The van der Waals surface area contributed by atoms with Crippen molar-refractivity contribution < 1.29 is 14.9 Å². The van der Waals surface area contributed by atoms with Crippen LogP contribution in [-0.4, -0.2) is 48.2 Å². The van der Waals surface area contributed by atoms with Gasteiger partial charge in [0.25, 0.3) is 0 Å². The topological polar surface area (TPSA) is 61.7 Å². The molecule has 3 atom stereocenters. The monoisotopic (exact) mass is 261 g/mol. The lowest BCUT2D eigenvalue weighted by Crippen LogP contribution is -2.33. The van der Waals surface area contributed by atoms with Crippen LogP contribution in [-0.2, 0) is 4.74 Å². The first-order valence-corrected chi connectivity index (χ1v) is 7.14. The van der Waals surface area contributed by atoms with Crippen LogP contribution >= 0.6 is 0 Å². The molecule has 4 nitrogen and oxygen atoms in total. The Kier molecular flexibility index (Phi) is 10.6. The Balaban J connectivity index is 3.45. The smallest absolute Gasteiger partial charge is 0.0897 e. The molecular formula is C14H31NO3. The molecule has 0 heterocycles. The van der Waals surface area contributed by atoms with E-state index >= 15 is 0 Å². The third-order valence-electron chi connectivity index (χ3n) is 2.88. The molecule has 0 amide bonds. The lowest BCUT2D eigenvalue weighted by Gasteiger charge is -2.18. The molecule has 18 heavy (non-hydrogen) atoms. The zero-order chi connectivity index (χ0) is 14.0. The van der Waals surface area contributed by atoms with E-state index < -0.39 is 6.10 Å². The Labute approximate surface area is 112 Å². The second-order valence-corrected chi connectivity index (χ2v) is 5.48. The number of hydrogen-bond donors (Lipinski definition) is 3. The molecule has 0 saturated heterocycles. The predicted molar refractivity (Wildman–Crippen MR) is 74.7 cm³/mol. The summed E-state index contributed by atoms with van der Waals surface area (Å²) in [6.45, 7) is 9.95. The van der Waals surface area contributed by atoms with Gasteiger partial charge in [-0.3, -0.25) is 0 Å². The Morgan fingerprint density at radius 2 is 1.78 bits per heavy atom. The van der Waals surface area contributed by atoms with E-state index in [9.17, 15) is 10.2 Å². The summed E-state index contributed by atoms with van der Waals surface area (Å²) in [5.74, 6) is 0.616. The van der Waals surface area contributed by atoms with Gasteiger partial charge in [-0.25, -0.2) is 0 Å². The van der Waals surface area contributed by atoms with Crippen LogP contribution in [0.5, 0.6) is 0 Å². The maximum absolute atomic E-state index is 9.70. The first-order chi connectivity index (χ1) is 8.45. The SMILES string of the molecule is CCC(O)CCNCC(O)COC(C)CC(C)C. The number of nitrogens with one attached hydrogen (secondary N) is 1. The average Bonchev–Trinajstić information content (AvgIpc) is 2.30. The van der Waals surface area contributed by atoms with Crippen LogP contribution in [0.1, 0.15) is 47.0 Å². The third-order valence-corrected chi connectivity index (χ3v) is 2.88. The summed E-state index contributed by atoms with van der Waals surface area (Å²) in [5, 5.41) is 22.2. The van der Waals surface area contributed by atoms with Gasteiger partial charge in [-0.15, -0.1) is 0 Å². The Morgan fingerprint density at radius 1 is 1.11 bits per heavy atom. The maximum Gasteiger partial charge on any atom is 0.0897 e. The van der Waals surface area contributed by atoms with Crippen LogP contribution in [0.2, 0.25) is 0 Å². The van der Waals surface area contributed by atoms with E-state index in [1.54, 1.807) is 0 Å². The number of ether oxygens (including phenoxy) is 1. The number of aliphatic hydroxyl groups is 2. The molecule has 0 rings (SSSR count). The van der Waals surface area contributed by atoms with Gasteiger partial charge in [0.1, 0.15) is 0 Å². The standard InChI is InChI=1S/C14H31NO3/c1-5-13(16)6-7-15-9-14(17)10-18-12(4)8-11(2)3/h11-17H,5-10H2,1-4H3. The van der Waals surface area contributed by atoms with E-state index in [0.717, 1.165) is 25.8 Å². The van der Waals surface area contributed by atoms with Crippen molar-refractivity contribution in [2.45, 2.75) is 65.3 Å². The quantitative estimate of drug-likeness (QED) is 0.494. The second-order valence-electron chi connectivity index (χ2n) is 5.48. The molecule has 3 unspecified atom stereocenters. The molecule has 110 valence electrons. The van der Waals surface area contributed by atoms with Gasteiger partial charge < -0.3 is 20.3 Å². The lowest BCUT2D eigenvalue weighted by molar-refractivity contribution is -0.00864. The van der Waals surface area contributed by atoms with Crippen molar-refractivity contribution in [3.8, 4) is 0 Å². The Bertz CT molecular complexity index is 188. The summed E-state index contributed by atoms with van der Waals surface area (Å²) in [6.07, 6.45) is 2.01. The Morgan fingerprint density at radius 3 is 2.33 bits per heavy atom. The van der Waals surface area contributed by atoms with E-state index in [4.69, 9.17) is 4.74 Å². The first kappa shape index (κ1) is 17.8. The highest BCUT2D eigenvalue weighted by molar-refractivity contribution is 4.62. The van der Waals surface area contributed by atoms with Gasteiger partial charge in [0.05, 0.1) is 24.9 Å². The van der Waals surface area contributed by atoms with Crippen molar-refractivity contribution in [3.05, 3.63) is 0 Å². The molecular weight excluding hydrogens is 230 g/mol. The minimum absolute atomic E-state index is 0.196. The van der Waals surface area contributed by atoms with Crippen molar-refractivity contribution in [1.82, 2.24) is 5.32 Å². The van der Waals surface area contributed by atoms with Crippen molar-refractivity contribution >= 4 is 0 Å². The van der Waals surface area contributed by atoms with E-state index in [1.807, 2.05) is 13.8 Å². The average molecular weight is 261 g/mol. The van der Waals surface area contributed by atoms with Crippen molar-refractivity contribution in [2.75, 3.05) is 19.7 Å². The molecule has 3 N–H and O–H groups in total. The van der Waals surface area contributed by atoms with Crippen LogP contribution < -0.4 is 5.32 Å². The zero-order valence-corrected chi connectivity index (χ0v) is 12.4. The summed E-state index contributed by atoms with van der Waals surface area (Å²) in [4.78, 5) is 0. The fraction of sp³-hybridized carbons (Fsp3) is 1.00. The van der Waals surface area contributed by atoms with Crippen LogP contribution in [0.3, 0.4) is 0 Å². The molecule has 0 aliphatic rings. The van der Waals surface area contributed by atoms with E-state index in [0.29, 0.717) is 19.1 Å². The maximum atomic E-state index is 9.70. The molecule has 0 fully saturated rings. The number of rotatable bonds is 11. The summed E-state index contributed by atoms with van der Waals surface area (Å²) in [7, 11) is 0. The molecule has 0 aromatic rings. The molecule has 0 spiro atoms. The fourth-order valence-electron chi connectivity index (χ4n) is 1.81. The summed E-state index contributed by atoms with van der Waals surface area (Å²) >= 11 is 0. The van der Waals surface area contributed by atoms with E-state index in [1.165, 1.54) is 0 Å². The highest BCUT2D eigenvalue weighted by Crippen LogP contribution is 2.07. The van der Waals surface area contributed by atoms with Gasteiger partial charge in [-0.05, 0) is 38.6 Å². The zero-order valence-electron chi connectivity index (χ0n) is 12.4. The highest BCUT2D eigenvalue weighted by Gasteiger charge is 2.09. The van der Waals surface area contributed by atoms with Crippen LogP contribution in [0.4, 0.5) is 0 Å². The minimum Gasteiger partial charge on any atom is -0.393 e. The van der Waals surface area contributed by atoms with Gasteiger partial charge >= 0.3 is 0 Å². The number of hydrogen-bond acceptors (Lipinski definition) is 4. The van der Waals surface area contributed by atoms with Gasteiger partial charge in [0.2, 0.25) is 0 Å². The minimum atomic E-state index is -0.474. The van der Waals surface area contributed by atoms with Gasteiger partial charge in [-0.2, -0.15) is 0 Å². The molecule has 4 heteroatoms. The largest absolute Gasteiger partial charge is 0.393 e. The van der Waals surface area contributed by atoms with Crippen molar-refractivity contribution in [3.63, 3.8) is 0 Å². The molecule has 0 aliphatic heterocycles. The van der Waals surface area contributed by atoms with Gasteiger partial charge in [0.15, 0.2) is 0 Å². The molecule has 0 aromatic heterocycles. The van der Waals surface area contributed by atoms with E-state index in [-0.39, 0.29) is 12.2 Å². The van der Waals surface area contributed by atoms with Gasteiger partial charge in [0, 0.05) is 6.54 Å². The third kappa shape index (κ3) is 11.0. The molecule has 0 saturated carbocycles. The van der Waals surface area contributed by atoms with Crippen LogP contribution in [0.25, 0.3) is 0 Å². The highest BCUT2D eigenvalue weighted by atomic mass is 16.5. The summed E-state index contributed by atoms with van der Waals surface area (Å²) < 4.78 is 5.57. The molecule has 0 radical (unpaired) electrons. The summed E-state index contributed by atoms with van der Waals surface area (Å²) in [5.41, 5.74) is 0. The first-order valence-electron chi connectivity index (χ1n) is 7.14. The number of aliphatic hydroxyl groups excluding tert-OH is 2. The fourth-order valence-corrected chi connectivity index (χ4v) is 1.81. The molecule has 0 aromatic carbocycles. The van der Waals surface area contributed by atoms with Gasteiger partial charge in [-0.1, -0.05) is 20.8 Å². The van der Waals surface area contributed by atoms with Crippen molar-refractivity contribution in [2.24, 2.45) is 5.92 Å². The van der Waals surface area contributed by atoms with Crippen LogP contribution in [0, 0.1) is 5.92 Å². The molecule has 0 aliphatic carbocycles. The normalized spacial score (nSPS) is 16.8. The Hall–Kier alpha value is -0.160. The van der Waals surface area contributed by atoms with E-state index in [2.05, 4.69) is 19.2 Å². The lowest BCUT2D eigenvalue weighted by atomic mass is 10.1. The molecule has 0 bridgehead atoms. The second kappa shape index (κ2) is 10.7. The van der Waals surface area contributed by atoms with Crippen molar-refractivity contribution in [1.29, 1.82) is 0 Å². The predicted octanol–water partition coefficient (Wildman–Crippen LogP) is 1.55. The summed E-state index contributed by atoms with van der Waals surface area (Å²) in [6, 6.07) is 0. The van der Waals surface area contributed by atoms with Crippen LogP contribution in [0.15, 0.2) is 0 Å².